The Kier molecular flexibility index (Phi) is 8.01. The average Bonchev–Trinajstić information content (AvgIpc) is 3.31. The van der Waals surface area contributed by atoms with E-state index in [0.717, 1.165) is 6.07 Å². The number of rotatable bonds is 10. The highest BCUT2D eigenvalue weighted by Crippen LogP contribution is 2.31. The minimum absolute atomic E-state index is 0.0305. The van der Waals surface area contributed by atoms with E-state index in [1.54, 1.807) is 37.3 Å². The Labute approximate surface area is 202 Å². The maximum Gasteiger partial charge on any atom is 0.315 e. The van der Waals surface area contributed by atoms with Crippen LogP contribution in [0.25, 0.3) is 0 Å². The predicted octanol–water partition coefficient (Wildman–Crippen LogP) is 3.74. The number of methoxy groups -OCH3 is 1. The molecule has 0 spiro atoms. The van der Waals surface area contributed by atoms with Crippen LogP contribution in [-0.2, 0) is 16.6 Å². The number of nitrogens with one attached hydrogen (secondary N) is 2. The van der Waals surface area contributed by atoms with E-state index in [9.17, 15) is 23.5 Å². The molecule has 0 saturated heterocycles. The Morgan fingerprint density at radius 2 is 1.80 bits per heavy atom. The van der Waals surface area contributed by atoms with Crippen molar-refractivity contribution in [2.45, 2.75) is 51.2 Å². The molecule has 0 saturated carbocycles. The van der Waals surface area contributed by atoms with Gasteiger partial charge in [0, 0.05) is 23.6 Å². The lowest BCUT2D eigenvalue weighted by molar-refractivity contribution is -0.129. The Hall–Kier alpha value is -3.59. The van der Waals surface area contributed by atoms with Crippen molar-refractivity contribution in [1.29, 1.82) is 0 Å². The number of benzene rings is 2. The second-order valence-electron chi connectivity index (χ2n) is 8.96. The SMILES string of the molecule is COc1ccc([C@H](O)C(=O)N[C@@H](C)C(=[OH+])CCc2cc(C(C)(C)c3cc(F)cc(F)c3)n[nH]2)cc1. The number of aliphatic hydroxyl groups excluding tert-OH is 1. The van der Waals surface area contributed by atoms with E-state index in [0.29, 0.717) is 34.7 Å². The molecule has 0 radical (unpaired) electrons. The van der Waals surface area contributed by atoms with Gasteiger partial charge < -0.3 is 15.2 Å². The number of H-pyrrole nitrogens is 1. The van der Waals surface area contributed by atoms with Gasteiger partial charge in [-0.2, -0.15) is 5.10 Å². The summed E-state index contributed by atoms with van der Waals surface area (Å²) in [5.41, 5.74) is 1.42. The molecule has 35 heavy (non-hydrogen) atoms. The van der Waals surface area contributed by atoms with Gasteiger partial charge in [0.2, 0.25) is 0 Å². The Morgan fingerprint density at radius 1 is 1.17 bits per heavy atom. The maximum atomic E-state index is 13.7. The van der Waals surface area contributed by atoms with Crippen LogP contribution < -0.4 is 10.1 Å². The molecule has 0 aliphatic carbocycles. The molecule has 3 rings (SSSR count). The number of aromatic amines is 1. The number of ether oxygens (including phenoxy) is 1. The Morgan fingerprint density at radius 3 is 2.40 bits per heavy atom. The molecule has 0 aliphatic heterocycles. The van der Waals surface area contributed by atoms with Crippen molar-refractivity contribution >= 4 is 11.7 Å². The van der Waals surface area contributed by atoms with Gasteiger partial charge in [-0.05, 0) is 48.4 Å². The van der Waals surface area contributed by atoms with Crippen LogP contribution in [0.4, 0.5) is 8.78 Å². The van der Waals surface area contributed by atoms with E-state index in [4.69, 9.17) is 4.74 Å². The third-order valence-corrected chi connectivity index (χ3v) is 6.04. The Balaban J connectivity index is 1.56. The quantitative estimate of drug-likeness (QED) is 0.379. The van der Waals surface area contributed by atoms with Crippen molar-refractivity contribution in [2.75, 3.05) is 7.11 Å². The van der Waals surface area contributed by atoms with Crippen molar-refractivity contribution in [2.24, 2.45) is 0 Å². The first kappa shape index (κ1) is 26.0. The molecule has 0 unspecified atom stereocenters. The minimum atomic E-state index is -1.39. The van der Waals surface area contributed by atoms with Crippen molar-refractivity contribution in [1.82, 2.24) is 15.5 Å². The number of hydrogen-bond acceptors (Lipinski definition) is 4. The van der Waals surface area contributed by atoms with Crippen molar-refractivity contribution < 1.29 is 28.2 Å². The topological polar surface area (TPSA) is 109 Å². The van der Waals surface area contributed by atoms with Crippen molar-refractivity contribution in [3.8, 4) is 5.75 Å². The highest BCUT2D eigenvalue weighted by Gasteiger charge is 2.29. The molecule has 2 atom stereocenters. The van der Waals surface area contributed by atoms with Crippen LogP contribution in [0.15, 0.2) is 48.5 Å². The van der Waals surface area contributed by atoms with Crippen LogP contribution in [0.1, 0.15) is 55.8 Å². The second-order valence-corrected chi connectivity index (χ2v) is 8.96. The largest absolute Gasteiger partial charge is 0.497 e. The monoisotopic (exact) mass is 486 g/mol. The number of aliphatic hydroxyl groups is 1. The van der Waals surface area contributed by atoms with Gasteiger partial charge in [-0.3, -0.25) is 14.7 Å². The summed E-state index contributed by atoms with van der Waals surface area (Å²) in [4.78, 5) is 22.8. The zero-order valence-corrected chi connectivity index (χ0v) is 20.1. The van der Waals surface area contributed by atoms with Gasteiger partial charge in [-0.15, -0.1) is 0 Å². The molecule has 0 fully saturated rings. The normalized spacial score (nSPS) is 13.2. The molecule has 186 valence electrons. The molecule has 7 nitrogen and oxygen atoms in total. The molecule has 1 aromatic heterocycles. The van der Waals surface area contributed by atoms with Gasteiger partial charge in [0.05, 0.1) is 19.2 Å². The van der Waals surface area contributed by atoms with Crippen LogP contribution in [0.3, 0.4) is 0 Å². The van der Waals surface area contributed by atoms with Gasteiger partial charge in [0.15, 0.2) is 6.10 Å². The van der Waals surface area contributed by atoms with Gasteiger partial charge in [0.1, 0.15) is 23.4 Å². The molecule has 0 aliphatic rings. The summed E-state index contributed by atoms with van der Waals surface area (Å²) in [6.45, 7) is 5.25. The van der Waals surface area contributed by atoms with Crippen molar-refractivity contribution in [3.05, 3.63) is 82.7 Å². The van der Waals surface area contributed by atoms with Crippen LogP contribution >= 0.6 is 0 Å². The Bertz CT molecular complexity index is 1170. The van der Waals surface area contributed by atoms with Crippen LogP contribution in [0, 0.1) is 11.6 Å². The highest BCUT2D eigenvalue weighted by atomic mass is 19.1. The number of aryl methyl sites for hydroxylation is 1. The fourth-order valence-electron chi connectivity index (χ4n) is 3.66. The smallest absolute Gasteiger partial charge is 0.315 e. The highest BCUT2D eigenvalue weighted by molar-refractivity contribution is 5.91. The van der Waals surface area contributed by atoms with E-state index in [1.165, 1.54) is 19.2 Å². The molecular weight excluding hydrogens is 456 g/mol. The predicted molar refractivity (Wildman–Crippen MR) is 128 cm³/mol. The average molecular weight is 487 g/mol. The van der Waals surface area contributed by atoms with E-state index >= 15 is 0 Å². The standard InChI is InChI=1S/C26H29F2N3O4/c1-15(29-25(34)24(33)16-5-8-21(35-4)9-6-16)22(32)10-7-20-14-23(31-30-20)26(2,3)17-11-18(27)13-19(28)12-17/h5-6,8-9,11-15,24,33H,7,10H2,1-4H3,(H,29,34)(H,30,31)/p+1/t15-,24-/m0/s1. The fraction of sp³-hybridized carbons (Fsp3) is 0.346. The van der Waals surface area contributed by atoms with Gasteiger partial charge in [-0.1, -0.05) is 26.0 Å². The third-order valence-electron chi connectivity index (χ3n) is 6.04. The molecule has 3 aromatic rings. The molecule has 0 bridgehead atoms. The van der Waals surface area contributed by atoms with Crippen molar-refractivity contribution in [3.63, 3.8) is 0 Å². The zero-order chi connectivity index (χ0) is 25.8. The molecular formula is C26H30F2N3O4+. The summed E-state index contributed by atoms with van der Waals surface area (Å²) in [5, 5.41) is 20.1. The lowest BCUT2D eigenvalue weighted by Gasteiger charge is -2.23. The third kappa shape index (κ3) is 6.30. The lowest BCUT2D eigenvalue weighted by Crippen LogP contribution is -2.41. The first-order valence-electron chi connectivity index (χ1n) is 11.2. The van der Waals surface area contributed by atoms with Gasteiger partial charge in [0.25, 0.3) is 5.91 Å². The van der Waals surface area contributed by atoms with E-state index < -0.39 is 35.1 Å². The summed E-state index contributed by atoms with van der Waals surface area (Å²) < 4.78 is 32.4. The van der Waals surface area contributed by atoms with E-state index in [2.05, 4.69) is 15.5 Å². The number of carbonyl (C=O) groups is 1. The summed E-state index contributed by atoms with van der Waals surface area (Å²) in [5.74, 6) is -1.31. The summed E-state index contributed by atoms with van der Waals surface area (Å²) in [6, 6.07) is 10.9. The number of nitrogens with zero attached hydrogens (tertiary/aromatic N) is 1. The molecule has 4 N–H and O–H groups in total. The number of amides is 1. The number of hydrogen-bond donors (Lipinski definition) is 3. The fourth-order valence-corrected chi connectivity index (χ4v) is 3.66. The second kappa shape index (κ2) is 10.8. The van der Waals surface area contributed by atoms with Crippen LogP contribution in [-0.4, -0.2) is 44.9 Å². The maximum absolute atomic E-state index is 13.7. The number of halogens is 2. The molecule has 9 heteroatoms. The molecule has 1 amide bonds. The van der Waals surface area contributed by atoms with Gasteiger partial charge >= 0.3 is 5.78 Å². The summed E-state index contributed by atoms with van der Waals surface area (Å²) in [7, 11) is 1.52. The van der Waals surface area contributed by atoms with Crippen LogP contribution in [0.2, 0.25) is 0 Å². The number of carbonyl (C=O) groups excluding carboxylic acids is 2. The first-order valence-corrected chi connectivity index (χ1v) is 11.2. The van der Waals surface area contributed by atoms with Gasteiger partial charge in [-0.25, -0.2) is 8.78 Å². The summed E-state index contributed by atoms with van der Waals surface area (Å²) in [6.07, 6.45) is -0.758. The lowest BCUT2D eigenvalue weighted by atomic mass is 9.81. The van der Waals surface area contributed by atoms with Crippen LogP contribution in [0.5, 0.6) is 5.75 Å². The first-order chi connectivity index (χ1) is 16.5. The summed E-state index contributed by atoms with van der Waals surface area (Å²) >= 11 is 0. The van der Waals surface area contributed by atoms with E-state index in [-0.39, 0.29) is 12.2 Å². The molecule has 1 heterocycles. The zero-order valence-electron chi connectivity index (χ0n) is 20.1. The molecule has 2 aromatic carbocycles. The number of aromatic nitrogens is 2. The minimum Gasteiger partial charge on any atom is -0.497 e. The number of ketones is 1. The van der Waals surface area contributed by atoms with E-state index in [1.807, 2.05) is 13.8 Å².